The van der Waals surface area contributed by atoms with Crippen LogP contribution in [0.1, 0.15) is 36.8 Å². The van der Waals surface area contributed by atoms with E-state index in [0.29, 0.717) is 18.1 Å². The minimum Gasteiger partial charge on any atom is -0.496 e. The number of rotatable bonds is 1. The van der Waals surface area contributed by atoms with Gasteiger partial charge in [0, 0.05) is 11.8 Å². The van der Waals surface area contributed by atoms with Crippen molar-refractivity contribution < 1.29 is 9.53 Å². The molecule has 0 aromatic heterocycles. The van der Waals surface area contributed by atoms with Crippen molar-refractivity contribution in [2.24, 2.45) is 5.92 Å². The second-order valence-electron chi connectivity index (χ2n) is 7.26. The van der Waals surface area contributed by atoms with Gasteiger partial charge >= 0.3 is 0 Å². The normalized spacial score (nSPS) is 28.3. The summed E-state index contributed by atoms with van der Waals surface area (Å²) in [6.07, 6.45) is 7.09. The monoisotopic (exact) mass is 304 g/mol. The van der Waals surface area contributed by atoms with Gasteiger partial charge < -0.3 is 4.74 Å². The second-order valence-corrected chi connectivity index (χ2v) is 7.26. The highest BCUT2D eigenvalue weighted by atomic mass is 16.5. The SMILES string of the molecule is COc1cccc2cc3c(cc12)C1(CC2=CCC1C2)C(=O)CC3. The molecule has 2 heteroatoms. The summed E-state index contributed by atoms with van der Waals surface area (Å²) in [6.45, 7) is 0. The lowest BCUT2D eigenvalue weighted by molar-refractivity contribution is -0.126. The minimum absolute atomic E-state index is 0.243. The topological polar surface area (TPSA) is 26.3 Å². The van der Waals surface area contributed by atoms with E-state index in [4.69, 9.17) is 4.74 Å². The Hall–Kier alpha value is -2.09. The summed E-state index contributed by atoms with van der Waals surface area (Å²) in [5.74, 6) is 1.85. The van der Waals surface area contributed by atoms with Crippen LogP contribution in [0.2, 0.25) is 0 Å². The molecular weight excluding hydrogens is 284 g/mol. The molecule has 0 saturated heterocycles. The van der Waals surface area contributed by atoms with E-state index in [0.717, 1.165) is 36.8 Å². The number of carbonyl (C=O) groups excluding carboxylic acids is 1. The molecule has 2 nitrogen and oxygen atoms in total. The first-order valence-corrected chi connectivity index (χ1v) is 8.54. The molecule has 1 spiro atoms. The number of fused-ring (bicyclic) bond motifs is 6. The van der Waals surface area contributed by atoms with Crippen LogP contribution < -0.4 is 4.74 Å². The van der Waals surface area contributed by atoms with Gasteiger partial charge in [0.05, 0.1) is 12.5 Å². The Kier molecular flexibility index (Phi) is 2.60. The first-order chi connectivity index (χ1) is 11.2. The number of hydrogen-bond acceptors (Lipinski definition) is 2. The highest BCUT2D eigenvalue weighted by Crippen LogP contribution is 2.57. The predicted molar refractivity (Wildman–Crippen MR) is 90.9 cm³/mol. The maximum atomic E-state index is 13.0. The zero-order valence-electron chi connectivity index (χ0n) is 13.4. The van der Waals surface area contributed by atoms with E-state index in [9.17, 15) is 4.79 Å². The Balaban J connectivity index is 1.81. The van der Waals surface area contributed by atoms with E-state index >= 15 is 0 Å². The summed E-state index contributed by atoms with van der Waals surface area (Å²) in [6, 6.07) is 10.8. The number of Topliss-reactive ketones (excluding diaryl/α,β-unsaturated/α-hetero) is 1. The molecule has 0 radical (unpaired) electrons. The zero-order chi connectivity index (χ0) is 15.6. The molecule has 2 unspecified atom stereocenters. The molecule has 0 aliphatic heterocycles. The van der Waals surface area contributed by atoms with Crippen LogP contribution in [0.15, 0.2) is 42.0 Å². The van der Waals surface area contributed by atoms with E-state index in [1.54, 1.807) is 7.11 Å². The molecule has 1 fully saturated rings. The highest BCUT2D eigenvalue weighted by molar-refractivity contribution is 5.98. The number of allylic oxidation sites excluding steroid dienone is 2. The third kappa shape index (κ3) is 1.61. The second kappa shape index (κ2) is 4.47. The Bertz CT molecular complexity index is 877. The van der Waals surface area contributed by atoms with E-state index in [-0.39, 0.29) is 5.41 Å². The van der Waals surface area contributed by atoms with Gasteiger partial charge in [0.15, 0.2) is 0 Å². The first kappa shape index (κ1) is 13.4. The Morgan fingerprint density at radius 1 is 1.22 bits per heavy atom. The summed E-state index contributed by atoms with van der Waals surface area (Å²) in [4.78, 5) is 13.0. The number of hydrogen-bond donors (Lipinski definition) is 0. The van der Waals surface area contributed by atoms with Crippen molar-refractivity contribution in [3.8, 4) is 5.75 Å². The van der Waals surface area contributed by atoms with E-state index < -0.39 is 0 Å². The lowest BCUT2D eigenvalue weighted by Crippen LogP contribution is -2.43. The van der Waals surface area contributed by atoms with Gasteiger partial charge in [0.25, 0.3) is 0 Å². The number of aryl methyl sites for hydroxylation is 1. The third-order valence-electron chi connectivity index (χ3n) is 6.29. The van der Waals surface area contributed by atoms with Crippen molar-refractivity contribution in [1.29, 1.82) is 0 Å². The lowest BCUT2D eigenvalue weighted by atomic mass is 9.61. The lowest BCUT2D eigenvalue weighted by Gasteiger charge is -2.40. The van der Waals surface area contributed by atoms with Crippen molar-refractivity contribution in [1.82, 2.24) is 0 Å². The molecule has 0 amide bonds. The molecule has 0 N–H and O–H groups in total. The molecule has 5 rings (SSSR count). The first-order valence-electron chi connectivity index (χ1n) is 8.54. The molecule has 116 valence electrons. The summed E-state index contributed by atoms with van der Waals surface area (Å²) in [5, 5.41) is 2.36. The average molecular weight is 304 g/mol. The molecule has 23 heavy (non-hydrogen) atoms. The molecule has 2 bridgehead atoms. The van der Waals surface area contributed by atoms with Crippen LogP contribution in [0.25, 0.3) is 10.8 Å². The molecule has 3 aliphatic rings. The van der Waals surface area contributed by atoms with Gasteiger partial charge in [-0.15, -0.1) is 0 Å². The third-order valence-corrected chi connectivity index (χ3v) is 6.29. The summed E-state index contributed by atoms with van der Waals surface area (Å²) >= 11 is 0. The molecule has 3 aliphatic carbocycles. The largest absolute Gasteiger partial charge is 0.496 e. The number of methoxy groups -OCH3 is 1. The maximum Gasteiger partial charge on any atom is 0.144 e. The number of benzene rings is 2. The van der Waals surface area contributed by atoms with E-state index in [1.165, 1.54) is 22.1 Å². The number of ketones is 1. The fourth-order valence-corrected chi connectivity index (χ4v) is 5.22. The number of carbonyl (C=O) groups is 1. The molecular formula is C21H20O2. The van der Waals surface area contributed by atoms with Crippen LogP contribution in [0.5, 0.6) is 5.75 Å². The van der Waals surface area contributed by atoms with Crippen molar-refractivity contribution in [2.45, 2.75) is 37.5 Å². The van der Waals surface area contributed by atoms with Crippen LogP contribution in [0.3, 0.4) is 0 Å². The van der Waals surface area contributed by atoms with Gasteiger partial charge in [0.1, 0.15) is 11.5 Å². The van der Waals surface area contributed by atoms with Crippen molar-refractivity contribution in [3.05, 3.63) is 53.1 Å². The van der Waals surface area contributed by atoms with Crippen molar-refractivity contribution in [3.63, 3.8) is 0 Å². The fourth-order valence-electron chi connectivity index (χ4n) is 5.22. The quantitative estimate of drug-likeness (QED) is 0.733. The predicted octanol–water partition coefficient (Wildman–Crippen LogP) is 4.34. The van der Waals surface area contributed by atoms with E-state index in [1.807, 2.05) is 12.1 Å². The maximum absolute atomic E-state index is 13.0. The van der Waals surface area contributed by atoms with Gasteiger partial charge in [0.2, 0.25) is 0 Å². The summed E-state index contributed by atoms with van der Waals surface area (Å²) in [7, 11) is 1.72. The van der Waals surface area contributed by atoms with Gasteiger partial charge in [-0.05, 0) is 60.2 Å². The van der Waals surface area contributed by atoms with Crippen LogP contribution >= 0.6 is 0 Å². The van der Waals surface area contributed by atoms with Crippen LogP contribution in [-0.2, 0) is 16.6 Å². The van der Waals surface area contributed by atoms with E-state index in [2.05, 4.69) is 24.3 Å². The summed E-state index contributed by atoms with van der Waals surface area (Å²) < 4.78 is 5.56. The van der Waals surface area contributed by atoms with Crippen LogP contribution in [0.4, 0.5) is 0 Å². The van der Waals surface area contributed by atoms with Gasteiger partial charge in [-0.2, -0.15) is 0 Å². The molecule has 2 aromatic carbocycles. The van der Waals surface area contributed by atoms with Crippen molar-refractivity contribution >= 4 is 16.6 Å². The standard InChI is InChI=1S/C21H20O2/c1-23-19-4-2-3-14-10-15-6-8-20(22)21(18(15)11-17(14)19)12-13-5-7-16(21)9-13/h2-5,10-11,16H,6-9,12H2,1H3. The highest BCUT2D eigenvalue weighted by Gasteiger charge is 2.55. The van der Waals surface area contributed by atoms with Gasteiger partial charge in [-0.1, -0.05) is 29.8 Å². The van der Waals surface area contributed by atoms with Crippen LogP contribution in [0, 0.1) is 5.92 Å². The Morgan fingerprint density at radius 2 is 2.13 bits per heavy atom. The minimum atomic E-state index is -0.243. The van der Waals surface area contributed by atoms with Gasteiger partial charge in [-0.25, -0.2) is 0 Å². The Morgan fingerprint density at radius 3 is 2.87 bits per heavy atom. The molecule has 0 heterocycles. The average Bonchev–Trinajstić information content (AvgIpc) is 3.18. The molecule has 1 saturated carbocycles. The smallest absolute Gasteiger partial charge is 0.144 e. The fraction of sp³-hybridized carbons (Fsp3) is 0.381. The van der Waals surface area contributed by atoms with Crippen LogP contribution in [-0.4, -0.2) is 12.9 Å². The van der Waals surface area contributed by atoms with Gasteiger partial charge in [-0.3, -0.25) is 4.79 Å². The molecule has 2 aromatic rings. The summed E-state index contributed by atoms with van der Waals surface area (Å²) in [5.41, 5.74) is 3.92. The Labute approximate surface area is 136 Å². The number of ether oxygens (including phenoxy) is 1. The van der Waals surface area contributed by atoms with Crippen molar-refractivity contribution in [2.75, 3.05) is 7.11 Å². The zero-order valence-corrected chi connectivity index (χ0v) is 13.4. The molecule has 2 atom stereocenters.